The highest BCUT2D eigenvalue weighted by Gasteiger charge is 2.22. The molecule has 0 aromatic heterocycles. The van der Waals surface area contributed by atoms with Crippen molar-refractivity contribution in [3.05, 3.63) is 35.4 Å². The van der Waals surface area contributed by atoms with E-state index >= 15 is 0 Å². The fourth-order valence-electron chi connectivity index (χ4n) is 2.48. The summed E-state index contributed by atoms with van der Waals surface area (Å²) in [7, 11) is 0. The predicted octanol–water partition coefficient (Wildman–Crippen LogP) is -0.0126. The molecule has 0 saturated carbocycles. The molecule has 0 aliphatic carbocycles. The molecule has 1 aliphatic heterocycles. The van der Waals surface area contributed by atoms with Crippen LogP contribution in [0.15, 0.2) is 24.3 Å². The number of carbonyl (C=O) groups excluding carboxylic acids is 2. The molecule has 1 heterocycles. The van der Waals surface area contributed by atoms with Gasteiger partial charge in [-0.2, -0.15) is 0 Å². The minimum Gasteiger partial charge on any atom is -0.369 e. The number of carbonyl (C=O) groups is 2. The van der Waals surface area contributed by atoms with E-state index < -0.39 is 0 Å². The zero-order valence-corrected chi connectivity index (χ0v) is 11.3. The monoisotopic (exact) mass is 276 g/mol. The molecule has 0 bridgehead atoms. The number of nitrogens with zero attached hydrogens (tertiary/aromatic N) is 1. The van der Waals surface area contributed by atoms with Gasteiger partial charge in [-0.25, -0.2) is 5.84 Å². The van der Waals surface area contributed by atoms with Crippen LogP contribution in [0.5, 0.6) is 0 Å². The molecular weight excluding hydrogens is 256 g/mol. The molecule has 1 aromatic carbocycles. The molecule has 5 N–H and O–H groups in total. The van der Waals surface area contributed by atoms with Crippen molar-refractivity contribution in [2.75, 3.05) is 13.1 Å². The van der Waals surface area contributed by atoms with E-state index in [2.05, 4.69) is 10.3 Å². The lowest BCUT2D eigenvalue weighted by atomic mass is 9.96. The van der Waals surface area contributed by atoms with Crippen LogP contribution in [-0.4, -0.2) is 29.8 Å². The Morgan fingerprint density at radius 2 is 1.80 bits per heavy atom. The van der Waals surface area contributed by atoms with Gasteiger partial charge in [0, 0.05) is 18.0 Å². The van der Waals surface area contributed by atoms with E-state index in [1.807, 2.05) is 12.1 Å². The van der Waals surface area contributed by atoms with Crippen LogP contribution in [0.2, 0.25) is 0 Å². The summed E-state index contributed by atoms with van der Waals surface area (Å²) in [5, 5.41) is 0. The summed E-state index contributed by atoms with van der Waals surface area (Å²) in [6.45, 7) is 2.56. The maximum atomic E-state index is 11.3. The second kappa shape index (κ2) is 6.49. The highest BCUT2D eigenvalue weighted by molar-refractivity contribution is 5.93. The summed E-state index contributed by atoms with van der Waals surface area (Å²) in [4.78, 5) is 24.7. The Morgan fingerprint density at radius 3 is 2.30 bits per heavy atom. The topological polar surface area (TPSA) is 101 Å². The maximum Gasteiger partial charge on any atom is 0.265 e. The van der Waals surface area contributed by atoms with Crippen LogP contribution in [0.1, 0.15) is 28.8 Å². The fraction of sp³-hybridized carbons (Fsp3) is 0.429. The summed E-state index contributed by atoms with van der Waals surface area (Å²) >= 11 is 0. The van der Waals surface area contributed by atoms with Gasteiger partial charge in [-0.3, -0.25) is 19.9 Å². The lowest BCUT2D eigenvalue weighted by Gasteiger charge is -2.30. The quantitative estimate of drug-likeness (QED) is 0.409. The summed E-state index contributed by atoms with van der Waals surface area (Å²) in [6, 6.07) is 7.36. The molecule has 0 spiro atoms. The number of nitrogens with one attached hydrogen (secondary N) is 1. The second-order valence-corrected chi connectivity index (χ2v) is 5.12. The van der Waals surface area contributed by atoms with Crippen LogP contribution in [-0.2, 0) is 11.3 Å². The molecule has 0 radical (unpaired) electrons. The Bertz CT molecular complexity index is 478. The summed E-state index contributed by atoms with van der Waals surface area (Å²) in [6.07, 6.45) is 1.64. The Labute approximate surface area is 118 Å². The molecule has 1 fully saturated rings. The standard InChI is InChI=1S/C14H20N4O2/c15-13(19)11-5-7-18(8-6-11)9-10-1-3-12(4-2-10)14(20)17-16/h1-4,11H,5-9,16H2,(H2,15,19)(H,17,20). The Morgan fingerprint density at radius 1 is 1.20 bits per heavy atom. The Balaban J connectivity index is 1.88. The molecule has 6 heteroatoms. The van der Waals surface area contributed by atoms with Gasteiger partial charge in [0.05, 0.1) is 0 Å². The molecule has 20 heavy (non-hydrogen) atoms. The first kappa shape index (κ1) is 14.5. The minimum absolute atomic E-state index is 0.0156. The van der Waals surface area contributed by atoms with Gasteiger partial charge in [0.1, 0.15) is 0 Å². The number of amides is 2. The van der Waals surface area contributed by atoms with Crippen molar-refractivity contribution in [2.45, 2.75) is 19.4 Å². The average molecular weight is 276 g/mol. The number of nitrogens with two attached hydrogens (primary N) is 2. The van der Waals surface area contributed by atoms with Crippen molar-refractivity contribution in [3.63, 3.8) is 0 Å². The van der Waals surface area contributed by atoms with E-state index in [0.29, 0.717) is 5.56 Å². The zero-order valence-electron chi connectivity index (χ0n) is 11.3. The number of hydrogen-bond donors (Lipinski definition) is 3. The summed E-state index contributed by atoms with van der Waals surface area (Å²) in [5.74, 6) is 4.61. The molecule has 0 atom stereocenters. The smallest absolute Gasteiger partial charge is 0.265 e. The van der Waals surface area contributed by atoms with E-state index in [1.54, 1.807) is 12.1 Å². The average Bonchev–Trinajstić information content (AvgIpc) is 2.48. The van der Waals surface area contributed by atoms with E-state index in [-0.39, 0.29) is 17.7 Å². The molecule has 2 rings (SSSR count). The molecule has 1 aliphatic rings. The highest BCUT2D eigenvalue weighted by Crippen LogP contribution is 2.18. The van der Waals surface area contributed by atoms with E-state index in [4.69, 9.17) is 11.6 Å². The largest absolute Gasteiger partial charge is 0.369 e. The first-order chi connectivity index (χ1) is 9.60. The van der Waals surface area contributed by atoms with E-state index in [9.17, 15) is 9.59 Å². The Hall–Kier alpha value is -1.92. The molecule has 1 aromatic rings. The lowest BCUT2D eigenvalue weighted by Crippen LogP contribution is -2.38. The predicted molar refractivity (Wildman–Crippen MR) is 75.3 cm³/mol. The van der Waals surface area contributed by atoms with Crippen molar-refractivity contribution in [2.24, 2.45) is 17.5 Å². The van der Waals surface area contributed by atoms with Crippen molar-refractivity contribution in [1.29, 1.82) is 0 Å². The van der Waals surface area contributed by atoms with Gasteiger partial charge < -0.3 is 5.73 Å². The van der Waals surface area contributed by atoms with Gasteiger partial charge in [-0.05, 0) is 43.6 Å². The second-order valence-electron chi connectivity index (χ2n) is 5.12. The molecule has 108 valence electrons. The third-order valence-electron chi connectivity index (χ3n) is 3.74. The molecular formula is C14H20N4O2. The number of nitrogen functional groups attached to an aromatic ring is 1. The van der Waals surface area contributed by atoms with E-state index in [0.717, 1.165) is 38.0 Å². The number of primary amides is 1. The summed E-state index contributed by atoms with van der Waals surface area (Å²) < 4.78 is 0. The number of rotatable bonds is 4. The van der Waals surface area contributed by atoms with Gasteiger partial charge in [-0.15, -0.1) is 0 Å². The van der Waals surface area contributed by atoms with Crippen molar-refractivity contribution in [1.82, 2.24) is 10.3 Å². The van der Waals surface area contributed by atoms with Crippen LogP contribution in [0.3, 0.4) is 0 Å². The number of likely N-dealkylation sites (tertiary alicyclic amines) is 1. The molecule has 2 amide bonds. The van der Waals surface area contributed by atoms with Gasteiger partial charge in [0.15, 0.2) is 0 Å². The van der Waals surface area contributed by atoms with Crippen LogP contribution in [0.4, 0.5) is 0 Å². The highest BCUT2D eigenvalue weighted by atomic mass is 16.2. The first-order valence-corrected chi connectivity index (χ1v) is 6.71. The molecule has 1 saturated heterocycles. The van der Waals surface area contributed by atoms with Crippen LogP contribution in [0, 0.1) is 5.92 Å². The summed E-state index contributed by atoms with van der Waals surface area (Å²) in [5.41, 5.74) is 9.10. The van der Waals surface area contributed by atoms with Gasteiger partial charge in [0.25, 0.3) is 5.91 Å². The third-order valence-corrected chi connectivity index (χ3v) is 3.74. The fourth-order valence-corrected chi connectivity index (χ4v) is 2.48. The third kappa shape index (κ3) is 3.55. The van der Waals surface area contributed by atoms with Crippen LogP contribution < -0.4 is 17.0 Å². The molecule has 6 nitrogen and oxygen atoms in total. The number of piperidine rings is 1. The SMILES string of the molecule is NNC(=O)c1ccc(CN2CCC(C(N)=O)CC2)cc1. The van der Waals surface area contributed by atoms with Crippen molar-refractivity contribution < 1.29 is 9.59 Å². The van der Waals surface area contributed by atoms with Crippen molar-refractivity contribution in [3.8, 4) is 0 Å². The first-order valence-electron chi connectivity index (χ1n) is 6.71. The van der Waals surface area contributed by atoms with Gasteiger partial charge >= 0.3 is 0 Å². The van der Waals surface area contributed by atoms with Crippen LogP contribution in [0.25, 0.3) is 0 Å². The molecule has 0 unspecified atom stereocenters. The van der Waals surface area contributed by atoms with E-state index in [1.165, 1.54) is 0 Å². The van der Waals surface area contributed by atoms with Crippen molar-refractivity contribution >= 4 is 11.8 Å². The number of benzene rings is 1. The lowest BCUT2D eigenvalue weighted by molar-refractivity contribution is -0.123. The minimum atomic E-state index is -0.293. The Kier molecular flexibility index (Phi) is 4.70. The van der Waals surface area contributed by atoms with Crippen LogP contribution >= 0.6 is 0 Å². The number of hydrazine groups is 1. The number of hydrogen-bond acceptors (Lipinski definition) is 4. The normalized spacial score (nSPS) is 16.9. The zero-order chi connectivity index (χ0) is 14.5. The maximum absolute atomic E-state index is 11.3. The van der Waals surface area contributed by atoms with Gasteiger partial charge in [0.2, 0.25) is 5.91 Å². The van der Waals surface area contributed by atoms with Gasteiger partial charge in [-0.1, -0.05) is 12.1 Å².